The van der Waals surface area contributed by atoms with Gasteiger partial charge < -0.3 is 5.11 Å². The minimum atomic E-state index is -1.02. The average molecular weight is 240 g/mol. The maximum Gasteiger partial charge on any atom is 0.338 e. The summed E-state index contributed by atoms with van der Waals surface area (Å²) in [5.41, 5.74) is 1.64. The molecule has 18 heavy (non-hydrogen) atoms. The predicted octanol–water partition coefficient (Wildman–Crippen LogP) is 1.51. The van der Waals surface area contributed by atoms with Gasteiger partial charge in [-0.3, -0.25) is 4.98 Å². The molecule has 0 saturated heterocycles. The number of aromatic carboxylic acids is 1. The van der Waals surface area contributed by atoms with Gasteiger partial charge in [-0.25, -0.2) is 14.5 Å². The van der Waals surface area contributed by atoms with Crippen LogP contribution in [0.4, 0.5) is 0 Å². The molecule has 6 nitrogen and oxygen atoms in total. The highest BCUT2D eigenvalue weighted by atomic mass is 16.4. The Kier molecular flexibility index (Phi) is 2.26. The molecule has 88 valence electrons. The van der Waals surface area contributed by atoms with Gasteiger partial charge in [-0.15, -0.1) is 0 Å². The van der Waals surface area contributed by atoms with E-state index in [4.69, 9.17) is 5.11 Å². The van der Waals surface area contributed by atoms with Crippen molar-refractivity contribution < 1.29 is 9.90 Å². The fourth-order valence-corrected chi connectivity index (χ4v) is 1.62. The molecule has 0 aliphatic carbocycles. The lowest BCUT2D eigenvalue weighted by Crippen LogP contribution is -1.99. The van der Waals surface area contributed by atoms with Gasteiger partial charge in [0.1, 0.15) is 0 Å². The van der Waals surface area contributed by atoms with Crippen molar-refractivity contribution >= 4 is 17.0 Å². The van der Waals surface area contributed by atoms with Gasteiger partial charge in [-0.05, 0) is 12.1 Å². The third kappa shape index (κ3) is 1.69. The van der Waals surface area contributed by atoms with Crippen LogP contribution in [0.2, 0.25) is 0 Å². The molecule has 3 aromatic rings. The van der Waals surface area contributed by atoms with E-state index < -0.39 is 5.97 Å². The number of hydrogen-bond acceptors (Lipinski definition) is 4. The molecule has 0 bridgehead atoms. The maximum atomic E-state index is 10.8. The van der Waals surface area contributed by atoms with Crippen molar-refractivity contribution in [2.45, 2.75) is 0 Å². The zero-order chi connectivity index (χ0) is 12.5. The van der Waals surface area contributed by atoms with Crippen molar-refractivity contribution in [1.29, 1.82) is 0 Å². The Balaban J connectivity index is 2.10. The van der Waals surface area contributed by atoms with E-state index in [9.17, 15) is 4.79 Å². The van der Waals surface area contributed by atoms with Crippen LogP contribution in [0, 0.1) is 0 Å². The van der Waals surface area contributed by atoms with Crippen LogP contribution in [0.1, 0.15) is 10.4 Å². The van der Waals surface area contributed by atoms with Crippen LogP contribution < -0.4 is 0 Å². The third-order valence-corrected chi connectivity index (χ3v) is 2.50. The van der Waals surface area contributed by atoms with Crippen molar-refractivity contribution in [1.82, 2.24) is 19.7 Å². The second kappa shape index (κ2) is 3.92. The summed E-state index contributed by atoms with van der Waals surface area (Å²) in [6, 6.07) is 7.45. The Labute approximate surface area is 102 Å². The van der Waals surface area contributed by atoms with Crippen LogP contribution in [0.3, 0.4) is 0 Å². The first-order valence-electron chi connectivity index (χ1n) is 5.24. The van der Waals surface area contributed by atoms with E-state index in [0.717, 1.165) is 11.0 Å². The fraction of sp³-hybridized carbons (Fsp3) is 0. The minimum absolute atomic E-state index is 0.116. The van der Waals surface area contributed by atoms with Crippen molar-refractivity contribution in [2.24, 2.45) is 0 Å². The van der Waals surface area contributed by atoms with Gasteiger partial charge in [0.25, 0.3) is 0 Å². The topological polar surface area (TPSA) is 80.9 Å². The molecule has 0 fully saturated rings. The predicted molar refractivity (Wildman–Crippen MR) is 63.6 cm³/mol. The number of hydrogen-bond donors (Lipinski definition) is 1. The summed E-state index contributed by atoms with van der Waals surface area (Å²) in [5, 5.41) is 12.8. The Bertz CT molecular complexity index is 736. The largest absolute Gasteiger partial charge is 0.478 e. The Morgan fingerprint density at radius 3 is 2.67 bits per heavy atom. The lowest BCUT2D eigenvalue weighted by atomic mass is 10.3. The van der Waals surface area contributed by atoms with Crippen molar-refractivity contribution in [3.05, 3.63) is 48.4 Å². The number of rotatable bonds is 2. The zero-order valence-electron chi connectivity index (χ0n) is 9.19. The number of nitrogens with zero attached hydrogens (tertiary/aromatic N) is 4. The lowest BCUT2D eigenvalue weighted by Gasteiger charge is -2.01. The smallest absolute Gasteiger partial charge is 0.338 e. The molecule has 0 amide bonds. The Morgan fingerprint density at radius 2 is 1.94 bits per heavy atom. The first-order chi connectivity index (χ1) is 8.74. The Hall–Kier alpha value is -2.76. The van der Waals surface area contributed by atoms with Gasteiger partial charge >= 0.3 is 5.97 Å². The molecule has 0 radical (unpaired) electrons. The summed E-state index contributed by atoms with van der Waals surface area (Å²) in [5.74, 6) is -0.531. The van der Waals surface area contributed by atoms with E-state index in [1.807, 2.05) is 24.3 Å². The van der Waals surface area contributed by atoms with Crippen LogP contribution >= 0.6 is 0 Å². The van der Waals surface area contributed by atoms with E-state index in [1.165, 1.54) is 17.1 Å². The van der Waals surface area contributed by atoms with Gasteiger partial charge in [0.15, 0.2) is 5.82 Å². The second-order valence-electron chi connectivity index (χ2n) is 3.70. The summed E-state index contributed by atoms with van der Waals surface area (Å²) in [7, 11) is 0. The van der Waals surface area contributed by atoms with E-state index in [2.05, 4.69) is 15.1 Å². The number of fused-ring (bicyclic) bond motifs is 1. The van der Waals surface area contributed by atoms with Crippen LogP contribution in [0.5, 0.6) is 0 Å². The van der Waals surface area contributed by atoms with Gasteiger partial charge in [0.05, 0.1) is 29.0 Å². The summed E-state index contributed by atoms with van der Waals surface area (Å²) >= 11 is 0. The molecule has 1 N–H and O–H groups in total. The molecule has 1 aromatic carbocycles. The minimum Gasteiger partial charge on any atom is -0.478 e. The SMILES string of the molecule is O=C(O)c1cnn(-c2cnc3ccccc3n2)c1. The van der Waals surface area contributed by atoms with Crippen molar-refractivity contribution in [2.75, 3.05) is 0 Å². The molecule has 3 rings (SSSR count). The van der Waals surface area contributed by atoms with Gasteiger partial charge in [-0.2, -0.15) is 5.10 Å². The number of benzene rings is 1. The van der Waals surface area contributed by atoms with Crippen molar-refractivity contribution in [3.63, 3.8) is 0 Å². The molecule has 0 unspecified atom stereocenters. The van der Waals surface area contributed by atoms with Gasteiger partial charge in [0, 0.05) is 6.20 Å². The summed E-state index contributed by atoms with van der Waals surface area (Å²) < 4.78 is 1.39. The number of para-hydroxylation sites is 2. The Morgan fingerprint density at radius 1 is 1.17 bits per heavy atom. The van der Waals surface area contributed by atoms with E-state index >= 15 is 0 Å². The lowest BCUT2D eigenvalue weighted by molar-refractivity contribution is 0.0697. The number of carboxylic acids is 1. The molecular formula is C12H8N4O2. The quantitative estimate of drug-likeness (QED) is 0.734. The summed E-state index contributed by atoms with van der Waals surface area (Å²) in [6.45, 7) is 0. The van der Waals surface area contributed by atoms with E-state index in [0.29, 0.717) is 5.82 Å². The van der Waals surface area contributed by atoms with Crippen molar-refractivity contribution in [3.8, 4) is 5.82 Å². The molecular weight excluding hydrogens is 232 g/mol. The molecule has 6 heteroatoms. The maximum absolute atomic E-state index is 10.8. The number of carbonyl (C=O) groups is 1. The summed E-state index contributed by atoms with van der Waals surface area (Å²) in [6.07, 6.45) is 4.24. The van der Waals surface area contributed by atoms with Crippen LogP contribution in [-0.4, -0.2) is 30.8 Å². The highest BCUT2D eigenvalue weighted by molar-refractivity contribution is 5.87. The van der Waals surface area contributed by atoms with Crippen LogP contribution in [0.15, 0.2) is 42.9 Å². The second-order valence-corrected chi connectivity index (χ2v) is 3.70. The molecule has 0 spiro atoms. The molecule has 0 aliphatic heterocycles. The number of aromatic nitrogens is 4. The molecule has 2 aromatic heterocycles. The number of carboxylic acid groups (broad SMARTS) is 1. The standard InChI is InChI=1S/C12H8N4O2/c17-12(18)8-5-14-16(7-8)11-6-13-9-3-1-2-4-10(9)15-11/h1-7H,(H,17,18). The average Bonchev–Trinajstić information content (AvgIpc) is 2.88. The van der Waals surface area contributed by atoms with E-state index in [-0.39, 0.29) is 5.56 Å². The summed E-state index contributed by atoms with van der Waals surface area (Å²) in [4.78, 5) is 19.4. The third-order valence-electron chi connectivity index (χ3n) is 2.50. The monoisotopic (exact) mass is 240 g/mol. The van der Waals surface area contributed by atoms with E-state index in [1.54, 1.807) is 6.20 Å². The van der Waals surface area contributed by atoms with Crippen LogP contribution in [0.25, 0.3) is 16.9 Å². The highest BCUT2D eigenvalue weighted by Gasteiger charge is 2.08. The molecule has 0 atom stereocenters. The first-order valence-corrected chi connectivity index (χ1v) is 5.24. The van der Waals surface area contributed by atoms with Gasteiger partial charge in [0.2, 0.25) is 0 Å². The molecule has 0 aliphatic rings. The zero-order valence-corrected chi connectivity index (χ0v) is 9.19. The normalized spacial score (nSPS) is 10.7. The van der Waals surface area contributed by atoms with Gasteiger partial charge in [-0.1, -0.05) is 12.1 Å². The van der Waals surface area contributed by atoms with Crippen LogP contribution in [-0.2, 0) is 0 Å². The molecule has 2 heterocycles. The fourth-order valence-electron chi connectivity index (χ4n) is 1.62. The molecule has 0 saturated carbocycles. The first kappa shape index (κ1) is 10.4. The highest BCUT2D eigenvalue weighted by Crippen LogP contribution is 2.11.